The Labute approximate surface area is 178 Å². The van der Waals surface area contributed by atoms with Crippen LogP contribution in [0.5, 0.6) is 11.5 Å². The molecule has 0 radical (unpaired) electrons. The molecule has 1 N–H and O–H groups in total. The zero-order valence-electron chi connectivity index (χ0n) is 16.5. The number of anilines is 1. The lowest BCUT2D eigenvalue weighted by Crippen LogP contribution is -2.43. The summed E-state index contributed by atoms with van der Waals surface area (Å²) < 4.78 is 11.2. The summed E-state index contributed by atoms with van der Waals surface area (Å²) in [5.74, 6) is 1.40. The van der Waals surface area contributed by atoms with Gasteiger partial charge in [0.2, 0.25) is 6.79 Å². The Morgan fingerprint density at radius 3 is 2.77 bits per heavy atom. The van der Waals surface area contributed by atoms with Crippen molar-refractivity contribution in [1.82, 2.24) is 5.32 Å². The maximum Gasteiger partial charge on any atom is 0.252 e. The first kappa shape index (κ1) is 18.7. The third kappa shape index (κ3) is 3.41. The average Bonchev–Trinajstić information content (AvgIpc) is 3.45. The van der Waals surface area contributed by atoms with Gasteiger partial charge in [-0.05, 0) is 17.5 Å². The fourth-order valence-electron chi connectivity index (χ4n) is 3.76. The van der Waals surface area contributed by atoms with E-state index in [2.05, 4.69) is 22.3 Å². The second-order valence-electron chi connectivity index (χ2n) is 7.26. The van der Waals surface area contributed by atoms with Crippen molar-refractivity contribution in [2.75, 3.05) is 31.8 Å². The predicted molar refractivity (Wildman–Crippen MR) is 118 cm³/mol. The number of likely N-dealkylation sites (N-methyl/N-ethyl adjacent to an activating group) is 1. The van der Waals surface area contributed by atoms with Crippen molar-refractivity contribution in [2.24, 2.45) is 4.99 Å². The molecule has 0 bridgehead atoms. The molecule has 0 saturated carbocycles. The van der Waals surface area contributed by atoms with Gasteiger partial charge in [0.1, 0.15) is 0 Å². The average molecular weight is 420 g/mol. The number of nitrogens with one attached hydrogen (secondary N) is 1. The van der Waals surface area contributed by atoms with Gasteiger partial charge in [-0.25, -0.2) is 0 Å². The largest absolute Gasteiger partial charge is 0.454 e. The van der Waals surface area contributed by atoms with E-state index in [0.717, 1.165) is 34.0 Å². The minimum Gasteiger partial charge on any atom is -0.454 e. The Bertz CT molecular complexity index is 1100. The number of carbonyl (C=O) groups is 1. The minimum atomic E-state index is -0.0629. The van der Waals surface area contributed by atoms with Crippen LogP contribution < -0.4 is 19.7 Å². The van der Waals surface area contributed by atoms with Gasteiger partial charge in [-0.1, -0.05) is 30.3 Å². The lowest BCUT2D eigenvalue weighted by atomic mass is 9.99. The number of nitrogens with zero attached hydrogens (tertiary/aromatic N) is 2. The monoisotopic (exact) mass is 419 g/mol. The predicted octanol–water partition coefficient (Wildman–Crippen LogP) is 3.56. The van der Waals surface area contributed by atoms with Gasteiger partial charge in [0.25, 0.3) is 5.91 Å². The van der Waals surface area contributed by atoms with E-state index in [-0.39, 0.29) is 18.7 Å². The molecule has 1 aromatic heterocycles. The molecular formula is C23H21N3O3S. The third-order valence-electron chi connectivity index (χ3n) is 5.46. The molecule has 2 aliphatic heterocycles. The molecule has 0 spiro atoms. The van der Waals surface area contributed by atoms with Crippen molar-refractivity contribution in [3.63, 3.8) is 0 Å². The van der Waals surface area contributed by atoms with Crippen LogP contribution in [-0.4, -0.2) is 44.6 Å². The molecule has 1 atom stereocenters. The topological polar surface area (TPSA) is 63.2 Å². The standard InChI is InChI=1S/C23H21N3O3S/c1-26-17(12-25-23(27)16-7-8-30-13-16)11-24-22(15-5-3-2-4-6-15)18-9-20-21(10-19(18)26)29-14-28-20/h2-10,13,17H,11-12,14H2,1H3,(H,25,27). The Morgan fingerprint density at radius 1 is 1.20 bits per heavy atom. The van der Waals surface area contributed by atoms with Crippen LogP contribution in [0, 0.1) is 0 Å². The molecule has 0 aliphatic carbocycles. The maximum atomic E-state index is 12.4. The third-order valence-corrected chi connectivity index (χ3v) is 6.15. The summed E-state index contributed by atoms with van der Waals surface area (Å²) in [6.07, 6.45) is 0. The number of amides is 1. The molecule has 1 amide bonds. The number of rotatable bonds is 4. The first-order valence-corrected chi connectivity index (χ1v) is 10.7. The Morgan fingerprint density at radius 2 is 2.00 bits per heavy atom. The second kappa shape index (κ2) is 7.84. The van der Waals surface area contributed by atoms with Crippen LogP contribution in [0.1, 0.15) is 21.5 Å². The van der Waals surface area contributed by atoms with Gasteiger partial charge in [-0.15, -0.1) is 0 Å². The van der Waals surface area contributed by atoms with E-state index in [0.29, 0.717) is 18.7 Å². The van der Waals surface area contributed by atoms with Gasteiger partial charge in [0.15, 0.2) is 11.5 Å². The summed E-state index contributed by atoms with van der Waals surface area (Å²) in [7, 11) is 2.03. The molecule has 1 unspecified atom stereocenters. The van der Waals surface area contributed by atoms with E-state index < -0.39 is 0 Å². The fraction of sp³-hybridized carbons (Fsp3) is 0.217. The summed E-state index contributed by atoms with van der Waals surface area (Å²) in [6.45, 7) is 1.27. The van der Waals surface area contributed by atoms with Crippen molar-refractivity contribution >= 4 is 28.6 Å². The molecule has 2 aromatic carbocycles. The van der Waals surface area contributed by atoms with Crippen LogP contribution in [0.15, 0.2) is 64.3 Å². The summed E-state index contributed by atoms with van der Waals surface area (Å²) in [5, 5.41) is 6.81. The summed E-state index contributed by atoms with van der Waals surface area (Å²) in [5.41, 5.74) is 4.67. The zero-order valence-corrected chi connectivity index (χ0v) is 17.3. The van der Waals surface area contributed by atoms with Crippen LogP contribution in [0.4, 0.5) is 5.69 Å². The van der Waals surface area contributed by atoms with Crippen LogP contribution >= 0.6 is 11.3 Å². The van der Waals surface area contributed by atoms with Crippen molar-refractivity contribution in [3.05, 3.63) is 76.0 Å². The normalized spacial score (nSPS) is 17.2. The van der Waals surface area contributed by atoms with E-state index in [9.17, 15) is 4.79 Å². The Hall–Kier alpha value is -3.32. The number of carbonyl (C=O) groups excluding carboxylic acids is 1. The summed E-state index contributed by atoms with van der Waals surface area (Å²) >= 11 is 1.51. The molecule has 2 aliphatic rings. The SMILES string of the molecule is CN1c2cc3c(cc2C(c2ccccc2)=NCC1CNC(=O)c1ccsc1)OCO3. The first-order chi connectivity index (χ1) is 14.7. The van der Waals surface area contributed by atoms with Gasteiger partial charge in [-0.3, -0.25) is 9.79 Å². The fourth-order valence-corrected chi connectivity index (χ4v) is 4.40. The van der Waals surface area contributed by atoms with Crippen molar-refractivity contribution in [3.8, 4) is 11.5 Å². The number of thiophene rings is 1. The molecular weight excluding hydrogens is 398 g/mol. The highest BCUT2D eigenvalue weighted by molar-refractivity contribution is 7.08. The highest BCUT2D eigenvalue weighted by atomic mass is 32.1. The zero-order chi connectivity index (χ0) is 20.5. The van der Waals surface area contributed by atoms with Gasteiger partial charge in [0.05, 0.1) is 24.0 Å². The summed E-state index contributed by atoms with van der Waals surface area (Å²) in [6, 6.07) is 16.0. The lowest BCUT2D eigenvalue weighted by molar-refractivity contribution is 0.0952. The molecule has 152 valence electrons. The van der Waals surface area contributed by atoms with Gasteiger partial charge in [-0.2, -0.15) is 11.3 Å². The van der Waals surface area contributed by atoms with Crippen LogP contribution in [0.3, 0.4) is 0 Å². The van der Waals surface area contributed by atoms with E-state index >= 15 is 0 Å². The van der Waals surface area contributed by atoms with Crippen molar-refractivity contribution in [2.45, 2.75) is 6.04 Å². The molecule has 30 heavy (non-hydrogen) atoms. The second-order valence-corrected chi connectivity index (χ2v) is 8.04. The number of hydrogen-bond acceptors (Lipinski definition) is 6. The van der Waals surface area contributed by atoms with Crippen molar-refractivity contribution < 1.29 is 14.3 Å². The minimum absolute atomic E-state index is 0.00733. The smallest absolute Gasteiger partial charge is 0.252 e. The van der Waals surface area contributed by atoms with Gasteiger partial charge < -0.3 is 19.7 Å². The quantitative estimate of drug-likeness (QED) is 0.702. The highest BCUT2D eigenvalue weighted by Crippen LogP contribution is 2.40. The molecule has 3 heterocycles. The van der Waals surface area contributed by atoms with Crippen molar-refractivity contribution in [1.29, 1.82) is 0 Å². The molecule has 3 aromatic rings. The van der Waals surface area contributed by atoms with Crippen LogP contribution in [0.25, 0.3) is 0 Å². The Kier molecular flexibility index (Phi) is 4.88. The molecule has 7 heteroatoms. The van der Waals surface area contributed by atoms with Crippen LogP contribution in [0.2, 0.25) is 0 Å². The summed E-state index contributed by atoms with van der Waals surface area (Å²) in [4.78, 5) is 19.6. The number of aliphatic imine (C=N–C) groups is 1. The maximum absolute atomic E-state index is 12.4. The number of hydrogen-bond donors (Lipinski definition) is 1. The van der Waals surface area contributed by atoms with E-state index in [1.54, 1.807) is 0 Å². The molecule has 0 saturated heterocycles. The number of fused-ring (bicyclic) bond motifs is 2. The van der Waals surface area contributed by atoms with Gasteiger partial charge >= 0.3 is 0 Å². The highest BCUT2D eigenvalue weighted by Gasteiger charge is 2.28. The molecule has 6 nitrogen and oxygen atoms in total. The number of benzene rings is 2. The van der Waals surface area contributed by atoms with E-state index in [1.165, 1.54) is 11.3 Å². The van der Waals surface area contributed by atoms with Crippen LogP contribution in [-0.2, 0) is 0 Å². The number of ether oxygens (including phenoxy) is 2. The molecule has 5 rings (SSSR count). The lowest BCUT2D eigenvalue weighted by Gasteiger charge is -2.29. The van der Waals surface area contributed by atoms with E-state index in [4.69, 9.17) is 14.5 Å². The van der Waals surface area contributed by atoms with Gasteiger partial charge in [0, 0.05) is 41.7 Å². The van der Waals surface area contributed by atoms with E-state index in [1.807, 2.05) is 54.2 Å². The Balaban J connectivity index is 1.49. The first-order valence-electron chi connectivity index (χ1n) is 9.78. The molecule has 0 fully saturated rings.